The van der Waals surface area contributed by atoms with Gasteiger partial charge in [0.05, 0.1) is 16.9 Å². The maximum Gasteiger partial charge on any atom is 0.261 e. The summed E-state index contributed by atoms with van der Waals surface area (Å²) in [6.07, 6.45) is 4.81. The maximum atomic E-state index is 12.9. The number of benzene rings is 2. The number of carbonyl (C=O) groups excluding carboxylic acids is 3. The summed E-state index contributed by atoms with van der Waals surface area (Å²) in [5.74, 6) is -1.05. The van der Waals surface area contributed by atoms with Crippen LogP contribution in [0.5, 0.6) is 0 Å². The van der Waals surface area contributed by atoms with Gasteiger partial charge in [0, 0.05) is 18.2 Å². The quantitative estimate of drug-likeness (QED) is 0.606. The van der Waals surface area contributed by atoms with Crippen LogP contribution in [-0.4, -0.2) is 44.1 Å². The summed E-state index contributed by atoms with van der Waals surface area (Å²) in [5.41, 5.74) is 2.41. The van der Waals surface area contributed by atoms with Crippen LogP contribution in [0, 0.1) is 0 Å². The third-order valence-corrected chi connectivity index (χ3v) is 7.60. The number of sulfonamides is 1. The third-order valence-electron chi connectivity index (χ3n) is 6.26. The van der Waals surface area contributed by atoms with E-state index in [0.717, 1.165) is 37.7 Å². The first-order valence-electron chi connectivity index (χ1n) is 11.1. The zero-order valence-electron chi connectivity index (χ0n) is 18.5. The summed E-state index contributed by atoms with van der Waals surface area (Å²) >= 11 is 0. The summed E-state index contributed by atoms with van der Waals surface area (Å²) in [7, 11) is -1.98. The monoisotopic (exact) mass is 469 g/mol. The van der Waals surface area contributed by atoms with E-state index in [1.807, 2.05) is 0 Å². The van der Waals surface area contributed by atoms with Crippen molar-refractivity contribution in [2.45, 2.75) is 50.4 Å². The van der Waals surface area contributed by atoms with Crippen molar-refractivity contribution in [3.05, 3.63) is 70.3 Å². The Balaban J connectivity index is 1.41. The fourth-order valence-electron chi connectivity index (χ4n) is 4.40. The number of nitrogens with one attached hydrogen (secondary N) is 2. The van der Waals surface area contributed by atoms with Crippen LogP contribution in [0.3, 0.4) is 0 Å². The van der Waals surface area contributed by atoms with Crippen molar-refractivity contribution in [2.24, 2.45) is 0 Å². The molecule has 1 fully saturated rings. The molecule has 1 aliphatic heterocycles. The molecule has 2 aromatic carbocycles. The fraction of sp³-hybridized carbons (Fsp3) is 0.375. The van der Waals surface area contributed by atoms with Gasteiger partial charge in [-0.1, -0.05) is 43.5 Å². The smallest absolute Gasteiger partial charge is 0.261 e. The summed E-state index contributed by atoms with van der Waals surface area (Å²) in [6, 6.07) is 11.5. The van der Waals surface area contributed by atoms with Crippen LogP contribution in [0.1, 0.15) is 74.3 Å². The molecule has 0 spiro atoms. The maximum absolute atomic E-state index is 12.9. The molecule has 1 saturated carbocycles. The topological polar surface area (TPSA) is 113 Å². The Morgan fingerprint density at radius 3 is 2.24 bits per heavy atom. The van der Waals surface area contributed by atoms with Crippen molar-refractivity contribution in [3.63, 3.8) is 0 Å². The summed E-state index contributed by atoms with van der Waals surface area (Å²) in [5, 5.41) is 2.81. The molecule has 0 atom stereocenters. The third kappa shape index (κ3) is 4.99. The number of fused-ring (bicyclic) bond motifs is 1. The van der Waals surface area contributed by atoms with Crippen LogP contribution in [0.15, 0.2) is 42.5 Å². The predicted molar refractivity (Wildman–Crippen MR) is 123 cm³/mol. The number of carbonyl (C=O) groups is 3. The highest BCUT2D eigenvalue weighted by atomic mass is 32.2. The molecule has 2 aliphatic rings. The molecule has 33 heavy (non-hydrogen) atoms. The Hall–Kier alpha value is -3.04. The lowest BCUT2D eigenvalue weighted by molar-refractivity contribution is 0.0548. The average molecular weight is 470 g/mol. The molecule has 1 aliphatic carbocycles. The minimum atomic E-state index is -3.35. The first-order valence-corrected chi connectivity index (χ1v) is 12.7. The number of hydrogen-bond acceptors (Lipinski definition) is 5. The minimum Gasteiger partial charge on any atom is -0.348 e. The molecule has 8 nitrogen and oxygen atoms in total. The van der Waals surface area contributed by atoms with Crippen LogP contribution in [0.4, 0.5) is 0 Å². The van der Waals surface area contributed by atoms with Gasteiger partial charge in [0.1, 0.15) is 0 Å². The number of imide groups is 1. The predicted octanol–water partition coefficient (Wildman–Crippen LogP) is 2.59. The Morgan fingerprint density at radius 1 is 0.939 bits per heavy atom. The second-order valence-electron chi connectivity index (χ2n) is 8.49. The zero-order valence-corrected chi connectivity index (χ0v) is 19.3. The molecule has 9 heteroatoms. The van der Waals surface area contributed by atoms with Gasteiger partial charge in [0.25, 0.3) is 17.7 Å². The molecule has 0 bridgehead atoms. The van der Waals surface area contributed by atoms with Gasteiger partial charge in [-0.15, -0.1) is 0 Å². The molecule has 2 aromatic rings. The van der Waals surface area contributed by atoms with Gasteiger partial charge in [-0.3, -0.25) is 19.3 Å². The van der Waals surface area contributed by atoms with Gasteiger partial charge in [-0.2, -0.15) is 0 Å². The number of hydrogen-bond donors (Lipinski definition) is 2. The number of amides is 3. The van der Waals surface area contributed by atoms with Crippen LogP contribution >= 0.6 is 0 Å². The van der Waals surface area contributed by atoms with Gasteiger partial charge in [-0.25, -0.2) is 13.1 Å². The van der Waals surface area contributed by atoms with Gasteiger partial charge in [0.15, 0.2) is 0 Å². The Kier molecular flexibility index (Phi) is 6.62. The molecular formula is C24H27N3O5S. The fourth-order valence-corrected chi connectivity index (χ4v) is 5.18. The molecule has 0 unspecified atom stereocenters. The number of nitrogens with zero attached hydrogens (tertiary/aromatic N) is 1. The van der Waals surface area contributed by atoms with E-state index in [1.165, 1.54) is 18.0 Å². The number of rotatable bonds is 7. The van der Waals surface area contributed by atoms with Crippen molar-refractivity contribution in [1.82, 2.24) is 14.9 Å². The highest BCUT2D eigenvalue weighted by molar-refractivity contribution is 7.88. The highest BCUT2D eigenvalue weighted by Crippen LogP contribution is 2.31. The largest absolute Gasteiger partial charge is 0.348 e. The molecule has 2 N–H and O–H groups in total. The van der Waals surface area contributed by atoms with Crippen LogP contribution < -0.4 is 10.0 Å². The Bertz CT molecular complexity index is 1190. The Morgan fingerprint density at radius 2 is 1.58 bits per heavy atom. The lowest BCUT2D eigenvalue weighted by Gasteiger charge is -2.29. The van der Waals surface area contributed by atoms with Crippen molar-refractivity contribution in [3.8, 4) is 0 Å². The van der Waals surface area contributed by atoms with E-state index in [0.29, 0.717) is 16.7 Å². The van der Waals surface area contributed by atoms with Crippen molar-refractivity contribution < 1.29 is 22.8 Å². The van der Waals surface area contributed by atoms with Crippen molar-refractivity contribution in [2.75, 3.05) is 7.05 Å². The van der Waals surface area contributed by atoms with Gasteiger partial charge in [0.2, 0.25) is 10.0 Å². The summed E-state index contributed by atoms with van der Waals surface area (Å²) < 4.78 is 25.6. The second-order valence-corrected chi connectivity index (χ2v) is 10.4. The van der Waals surface area contributed by atoms with E-state index in [-0.39, 0.29) is 41.6 Å². The molecule has 174 valence electrons. The lowest BCUT2D eigenvalue weighted by Crippen LogP contribution is -2.40. The van der Waals surface area contributed by atoms with E-state index in [1.54, 1.807) is 36.4 Å². The van der Waals surface area contributed by atoms with E-state index in [9.17, 15) is 22.8 Å². The van der Waals surface area contributed by atoms with Crippen molar-refractivity contribution in [1.29, 1.82) is 0 Å². The molecule has 0 radical (unpaired) electrons. The SMILES string of the molecule is CNS(=O)(=O)Cc1ccc(CNC(=O)c2ccc3c(c2)C(=O)N(C2CCCCC2)C3=O)cc1. The average Bonchev–Trinajstić information content (AvgIpc) is 3.08. The molecular weight excluding hydrogens is 442 g/mol. The summed E-state index contributed by atoms with van der Waals surface area (Å²) in [6.45, 7) is 0.246. The van der Waals surface area contributed by atoms with E-state index < -0.39 is 10.0 Å². The first kappa shape index (κ1) is 23.1. The zero-order chi connectivity index (χ0) is 23.6. The molecule has 0 saturated heterocycles. The van der Waals surface area contributed by atoms with Gasteiger partial charge >= 0.3 is 0 Å². The summed E-state index contributed by atoms with van der Waals surface area (Å²) in [4.78, 5) is 39.8. The lowest BCUT2D eigenvalue weighted by atomic mass is 9.94. The van der Waals surface area contributed by atoms with Gasteiger partial charge < -0.3 is 5.32 Å². The van der Waals surface area contributed by atoms with E-state index in [2.05, 4.69) is 10.0 Å². The van der Waals surface area contributed by atoms with E-state index in [4.69, 9.17) is 0 Å². The van der Waals surface area contributed by atoms with E-state index >= 15 is 0 Å². The first-order chi connectivity index (χ1) is 15.8. The van der Waals surface area contributed by atoms with Gasteiger partial charge in [-0.05, 0) is 49.2 Å². The minimum absolute atomic E-state index is 0.0607. The molecule has 0 aromatic heterocycles. The van der Waals surface area contributed by atoms with Crippen LogP contribution in [0.25, 0.3) is 0 Å². The molecule has 3 amide bonds. The second kappa shape index (κ2) is 9.44. The molecule has 4 rings (SSSR count). The van der Waals surface area contributed by atoms with Crippen LogP contribution in [-0.2, 0) is 22.3 Å². The highest BCUT2D eigenvalue weighted by Gasteiger charge is 2.40. The van der Waals surface area contributed by atoms with Crippen molar-refractivity contribution >= 4 is 27.7 Å². The normalized spacial score (nSPS) is 16.7. The molecule has 1 heterocycles. The Labute approximate surface area is 193 Å². The van der Waals surface area contributed by atoms with Crippen LogP contribution in [0.2, 0.25) is 0 Å². The standard InChI is InChI=1S/C24H27N3O5S/c1-25-33(31,32)15-17-9-7-16(8-10-17)14-26-22(28)18-11-12-20-21(13-18)24(30)27(23(20)29)19-5-3-2-4-6-19/h7-13,19,25H,2-6,14-15H2,1H3,(H,26,28).